The largest absolute Gasteiger partial charge is 0.372 e. The van der Waals surface area contributed by atoms with Gasteiger partial charge in [0.05, 0.1) is 0 Å². The van der Waals surface area contributed by atoms with Crippen molar-refractivity contribution in [2.24, 2.45) is 4.99 Å². The molecule has 0 N–H and O–H groups in total. The fourth-order valence-electron chi connectivity index (χ4n) is 4.22. The van der Waals surface area contributed by atoms with E-state index in [0.29, 0.717) is 0 Å². The highest BCUT2D eigenvalue weighted by molar-refractivity contribution is 5.75. The van der Waals surface area contributed by atoms with Crippen molar-refractivity contribution in [1.82, 2.24) is 4.90 Å². The van der Waals surface area contributed by atoms with E-state index < -0.39 is 0 Å². The average Bonchev–Trinajstić information content (AvgIpc) is 3.14. The van der Waals surface area contributed by atoms with Crippen LogP contribution in [0, 0.1) is 0 Å². The molecule has 0 amide bonds. The minimum absolute atomic E-state index is 0.249. The van der Waals surface area contributed by atoms with Crippen molar-refractivity contribution in [1.29, 1.82) is 0 Å². The van der Waals surface area contributed by atoms with Gasteiger partial charge in [0.1, 0.15) is 0 Å². The second-order valence-corrected chi connectivity index (χ2v) is 7.01. The van der Waals surface area contributed by atoms with E-state index >= 15 is 0 Å². The maximum absolute atomic E-state index is 4.88. The van der Waals surface area contributed by atoms with Gasteiger partial charge in [0, 0.05) is 38.1 Å². The van der Waals surface area contributed by atoms with E-state index in [9.17, 15) is 0 Å². The van der Waals surface area contributed by atoms with Gasteiger partial charge in [-0.1, -0.05) is 18.6 Å². The second kappa shape index (κ2) is 6.48. The van der Waals surface area contributed by atoms with Crippen LogP contribution in [0.3, 0.4) is 0 Å². The predicted molar refractivity (Wildman–Crippen MR) is 97.2 cm³/mol. The molecule has 0 aliphatic carbocycles. The number of aliphatic imine (C=N–C) groups is 1. The molecule has 122 valence electrons. The molecular weight excluding hydrogens is 282 g/mol. The minimum Gasteiger partial charge on any atom is -0.372 e. The molecule has 0 aromatic heterocycles. The highest BCUT2D eigenvalue weighted by atomic mass is 15.3. The van der Waals surface area contributed by atoms with Crippen molar-refractivity contribution in [3.05, 3.63) is 42.0 Å². The lowest BCUT2D eigenvalue weighted by Gasteiger charge is -2.40. The Morgan fingerprint density at radius 1 is 0.783 bits per heavy atom. The summed E-state index contributed by atoms with van der Waals surface area (Å²) in [4.78, 5) is 9.95. The van der Waals surface area contributed by atoms with E-state index in [1.54, 1.807) is 0 Å². The molecule has 3 heteroatoms. The Morgan fingerprint density at radius 3 is 2.04 bits per heavy atom. The van der Waals surface area contributed by atoms with Crippen LogP contribution in [0.1, 0.15) is 44.1 Å². The van der Waals surface area contributed by atoms with E-state index in [4.69, 9.17) is 4.99 Å². The third-order valence-corrected chi connectivity index (χ3v) is 5.54. The molecule has 1 aromatic rings. The Hall–Kier alpha value is -1.61. The van der Waals surface area contributed by atoms with Crippen molar-refractivity contribution >= 4 is 11.9 Å². The van der Waals surface area contributed by atoms with Gasteiger partial charge in [-0.15, -0.1) is 0 Å². The molecule has 2 saturated heterocycles. The lowest BCUT2D eigenvalue weighted by molar-refractivity contribution is 0.112. The number of nitrogens with zero attached hydrogens (tertiary/aromatic N) is 3. The van der Waals surface area contributed by atoms with E-state index in [-0.39, 0.29) is 5.66 Å². The number of rotatable bonds is 3. The number of hydrogen-bond donors (Lipinski definition) is 0. The van der Waals surface area contributed by atoms with Crippen molar-refractivity contribution < 1.29 is 0 Å². The Kier molecular flexibility index (Phi) is 4.21. The maximum Gasteiger partial charge on any atom is 0.158 e. The number of likely N-dealkylation sites (tertiary alicyclic amines) is 1. The summed E-state index contributed by atoms with van der Waals surface area (Å²) in [6.07, 6.45) is 14.3. The molecule has 3 aliphatic rings. The molecule has 1 aromatic carbocycles. The zero-order chi connectivity index (χ0) is 15.5. The lowest BCUT2D eigenvalue weighted by atomic mass is 9.95. The monoisotopic (exact) mass is 309 g/mol. The molecule has 3 nitrogen and oxygen atoms in total. The third kappa shape index (κ3) is 2.83. The average molecular weight is 309 g/mol. The fraction of sp³-hybridized carbons (Fsp3) is 0.550. The summed E-state index contributed by atoms with van der Waals surface area (Å²) in [5.74, 6) is 0. The predicted octanol–water partition coefficient (Wildman–Crippen LogP) is 3.96. The van der Waals surface area contributed by atoms with Gasteiger partial charge in [-0.3, -0.25) is 9.89 Å². The summed E-state index contributed by atoms with van der Waals surface area (Å²) in [5.41, 5.74) is 2.43. The maximum atomic E-state index is 4.88. The lowest BCUT2D eigenvalue weighted by Crippen LogP contribution is -2.45. The Bertz CT molecular complexity index is 563. The van der Waals surface area contributed by atoms with E-state index in [2.05, 4.69) is 46.2 Å². The molecule has 3 heterocycles. The first-order valence-corrected chi connectivity index (χ1v) is 9.22. The summed E-state index contributed by atoms with van der Waals surface area (Å²) < 4.78 is 0. The second-order valence-electron chi connectivity index (χ2n) is 7.01. The standard InChI is InChI=1S/C20H27N3/c1-3-14-22(15-4-1)19-10-8-18(9-11-19)20(12-7-13-21-20)23-16-5-2-6-17-23/h7-13H,1-6,14-17H2. The van der Waals surface area contributed by atoms with E-state index in [1.165, 1.54) is 62.9 Å². The molecule has 1 atom stereocenters. The number of allylic oxidation sites excluding steroid dienone is 1. The molecule has 0 bridgehead atoms. The van der Waals surface area contributed by atoms with Crippen LogP contribution in [0.4, 0.5) is 5.69 Å². The van der Waals surface area contributed by atoms with Crippen molar-refractivity contribution in [2.75, 3.05) is 31.1 Å². The molecule has 4 rings (SSSR count). The van der Waals surface area contributed by atoms with Crippen LogP contribution in [-0.2, 0) is 5.66 Å². The van der Waals surface area contributed by atoms with Gasteiger partial charge >= 0.3 is 0 Å². The van der Waals surface area contributed by atoms with Gasteiger partial charge in [0.25, 0.3) is 0 Å². The fourth-order valence-corrected chi connectivity index (χ4v) is 4.22. The van der Waals surface area contributed by atoms with Gasteiger partial charge in [-0.25, -0.2) is 0 Å². The Morgan fingerprint density at radius 2 is 1.43 bits per heavy atom. The van der Waals surface area contributed by atoms with Crippen molar-refractivity contribution in [3.63, 3.8) is 0 Å². The van der Waals surface area contributed by atoms with Crippen LogP contribution in [0.25, 0.3) is 0 Å². The van der Waals surface area contributed by atoms with Crippen LogP contribution in [0.2, 0.25) is 0 Å². The summed E-state index contributed by atoms with van der Waals surface area (Å²) in [6, 6.07) is 9.19. The summed E-state index contributed by atoms with van der Waals surface area (Å²) in [7, 11) is 0. The molecule has 3 aliphatic heterocycles. The summed E-state index contributed by atoms with van der Waals surface area (Å²) >= 11 is 0. The molecule has 0 radical (unpaired) electrons. The number of hydrogen-bond acceptors (Lipinski definition) is 3. The van der Waals surface area contributed by atoms with Crippen LogP contribution >= 0.6 is 0 Å². The molecular formula is C20H27N3. The SMILES string of the molecule is C1=CC(c2ccc(N3CCCCC3)cc2)(N2CCCCC2)N=C1. The topological polar surface area (TPSA) is 18.8 Å². The van der Waals surface area contributed by atoms with Crippen LogP contribution in [-0.4, -0.2) is 37.3 Å². The van der Waals surface area contributed by atoms with E-state index in [0.717, 1.165) is 13.1 Å². The Labute approximate surface area is 139 Å². The molecule has 0 saturated carbocycles. The van der Waals surface area contributed by atoms with Gasteiger partial charge in [0.2, 0.25) is 0 Å². The normalized spacial score (nSPS) is 28.4. The van der Waals surface area contributed by atoms with E-state index in [1.807, 2.05) is 6.21 Å². The molecule has 0 spiro atoms. The zero-order valence-electron chi connectivity index (χ0n) is 14.0. The first kappa shape index (κ1) is 14.9. The Balaban J connectivity index is 1.59. The molecule has 23 heavy (non-hydrogen) atoms. The quantitative estimate of drug-likeness (QED) is 0.842. The first-order valence-electron chi connectivity index (χ1n) is 9.22. The van der Waals surface area contributed by atoms with Crippen molar-refractivity contribution in [3.8, 4) is 0 Å². The molecule has 2 fully saturated rings. The third-order valence-electron chi connectivity index (χ3n) is 5.54. The highest BCUT2D eigenvalue weighted by Crippen LogP contribution is 2.37. The zero-order valence-corrected chi connectivity index (χ0v) is 14.0. The number of benzene rings is 1. The highest BCUT2D eigenvalue weighted by Gasteiger charge is 2.37. The summed E-state index contributed by atoms with van der Waals surface area (Å²) in [6.45, 7) is 4.70. The van der Waals surface area contributed by atoms with Crippen LogP contribution < -0.4 is 4.90 Å². The smallest absolute Gasteiger partial charge is 0.158 e. The van der Waals surface area contributed by atoms with Gasteiger partial charge in [-0.2, -0.15) is 0 Å². The van der Waals surface area contributed by atoms with Crippen LogP contribution in [0.5, 0.6) is 0 Å². The van der Waals surface area contributed by atoms with Crippen LogP contribution in [0.15, 0.2) is 41.4 Å². The van der Waals surface area contributed by atoms with Gasteiger partial charge in [-0.05, 0) is 62.0 Å². The molecule has 1 unspecified atom stereocenters. The first-order chi connectivity index (χ1) is 11.4. The van der Waals surface area contributed by atoms with Gasteiger partial charge < -0.3 is 4.90 Å². The number of anilines is 1. The van der Waals surface area contributed by atoms with Gasteiger partial charge in [0.15, 0.2) is 5.66 Å². The minimum atomic E-state index is -0.249. The number of piperidine rings is 2. The van der Waals surface area contributed by atoms with Crippen molar-refractivity contribution in [2.45, 2.75) is 44.2 Å². The summed E-state index contributed by atoms with van der Waals surface area (Å²) in [5, 5.41) is 0.